The highest BCUT2D eigenvalue weighted by Crippen LogP contribution is 2.37. The van der Waals surface area contributed by atoms with Gasteiger partial charge in [-0.1, -0.05) is 12.1 Å². The lowest BCUT2D eigenvalue weighted by Crippen LogP contribution is -2.44. The lowest BCUT2D eigenvalue weighted by molar-refractivity contribution is -0.135. The minimum absolute atomic E-state index is 0.0729. The standard InChI is InChI=1S/C43H54F2N12O4/c1-51(29-12-15-53(16-13-29)22-27-4-3-5-34-39(27)52(2)43(60)57(34)35-10-11-37(58)49-42(35)59)21-26-6-8-30(9-7-26)56-24-33(38(50-56)40(44)45)46-19-28-20-47-55-17-14-36(48-41(28)55)54-23-32-18-31(54)25-61-32/h3-5,14,17,20,24,26,29-32,35,40,46H,6-13,15-16,18-19,21-23,25H2,1-2H3,(H,49,58,59)/t26-,30-,31-,32-,35?/m1/s1. The molecule has 324 valence electrons. The molecule has 4 aliphatic heterocycles. The van der Waals surface area contributed by atoms with E-state index in [9.17, 15) is 23.2 Å². The van der Waals surface area contributed by atoms with E-state index in [2.05, 4.69) is 48.6 Å². The predicted octanol–water partition coefficient (Wildman–Crippen LogP) is 4.41. The van der Waals surface area contributed by atoms with Crippen LogP contribution in [0, 0.1) is 5.92 Å². The Balaban J connectivity index is 0.718. The summed E-state index contributed by atoms with van der Waals surface area (Å²) in [6.45, 7) is 5.42. The van der Waals surface area contributed by atoms with E-state index in [1.54, 1.807) is 37.8 Å². The van der Waals surface area contributed by atoms with Gasteiger partial charge in [0.1, 0.15) is 11.9 Å². The Morgan fingerprint density at radius 2 is 1.84 bits per heavy atom. The van der Waals surface area contributed by atoms with Gasteiger partial charge in [-0.05, 0) is 95.1 Å². The Morgan fingerprint density at radius 1 is 1.02 bits per heavy atom. The van der Waals surface area contributed by atoms with E-state index in [0.717, 1.165) is 99.1 Å². The van der Waals surface area contributed by atoms with Crippen LogP contribution in [0.5, 0.6) is 0 Å². The number of carbonyl (C=O) groups is 2. The smallest absolute Gasteiger partial charge is 0.329 e. The lowest BCUT2D eigenvalue weighted by atomic mass is 9.85. The summed E-state index contributed by atoms with van der Waals surface area (Å²) in [5, 5.41) is 14.5. The third-order valence-corrected chi connectivity index (χ3v) is 14.1. The number of piperidine rings is 2. The lowest BCUT2D eigenvalue weighted by Gasteiger charge is -2.39. The molecule has 4 aromatic heterocycles. The first-order valence-corrected chi connectivity index (χ1v) is 21.9. The molecule has 16 nitrogen and oxygen atoms in total. The van der Waals surface area contributed by atoms with Gasteiger partial charge in [0.15, 0.2) is 11.3 Å². The van der Waals surface area contributed by atoms with E-state index in [4.69, 9.17) is 9.72 Å². The van der Waals surface area contributed by atoms with Crippen LogP contribution >= 0.6 is 0 Å². The number of amides is 2. The zero-order chi connectivity index (χ0) is 41.9. The van der Waals surface area contributed by atoms with Crippen LogP contribution in [0.15, 0.2) is 47.7 Å². The number of morpholine rings is 1. The van der Waals surface area contributed by atoms with Gasteiger partial charge in [-0.2, -0.15) is 10.2 Å². The zero-order valence-corrected chi connectivity index (χ0v) is 34.8. The van der Waals surface area contributed by atoms with Crippen molar-refractivity contribution in [1.29, 1.82) is 0 Å². The molecule has 4 saturated heterocycles. The Morgan fingerprint density at radius 3 is 2.57 bits per heavy atom. The molecule has 1 unspecified atom stereocenters. The summed E-state index contributed by atoms with van der Waals surface area (Å²) in [6.07, 6.45) is 10.4. The summed E-state index contributed by atoms with van der Waals surface area (Å²) in [4.78, 5) is 50.1. The minimum Gasteiger partial charge on any atom is -0.378 e. The van der Waals surface area contributed by atoms with Gasteiger partial charge in [0.05, 0.1) is 47.7 Å². The van der Waals surface area contributed by atoms with Crippen LogP contribution in [0.25, 0.3) is 16.7 Å². The Labute approximate surface area is 351 Å². The van der Waals surface area contributed by atoms with Crippen molar-refractivity contribution in [3.8, 4) is 0 Å². The van der Waals surface area contributed by atoms with Crippen molar-refractivity contribution in [2.45, 2.75) is 108 Å². The third kappa shape index (κ3) is 7.60. The molecule has 8 heterocycles. The minimum atomic E-state index is -2.70. The average Bonchev–Trinajstić information content (AvgIpc) is 4.11. The van der Waals surface area contributed by atoms with E-state index in [1.165, 1.54) is 0 Å². The van der Waals surface area contributed by atoms with Gasteiger partial charge in [0.2, 0.25) is 11.8 Å². The zero-order valence-electron chi connectivity index (χ0n) is 34.8. The van der Waals surface area contributed by atoms with Crippen molar-refractivity contribution in [2.24, 2.45) is 13.0 Å². The highest BCUT2D eigenvalue weighted by Gasteiger charge is 2.40. The fourth-order valence-electron chi connectivity index (χ4n) is 10.7. The first kappa shape index (κ1) is 39.9. The number of carbonyl (C=O) groups excluding carboxylic acids is 2. The van der Waals surface area contributed by atoms with Crippen molar-refractivity contribution in [3.63, 3.8) is 0 Å². The maximum absolute atomic E-state index is 14.3. The first-order valence-electron chi connectivity index (χ1n) is 21.9. The number of ether oxygens (including phenoxy) is 1. The number of fused-ring (bicyclic) bond motifs is 4. The summed E-state index contributed by atoms with van der Waals surface area (Å²) in [7, 11) is 3.98. The molecule has 2 bridgehead atoms. The number of aryl methyl sites for hydroxylation is 1. The van der Waals surface area contributed by atoms with Crippen molar-refractivity contribution in [2.75, 3.05) is 50.1 Å². The number of imide groups is 1. The molecule has 5 aromatic rings. The second-order valence-electron chi connectivity index (χ2n) is 17.9. The molecular formula is C43H54F2N12O4. The van der Waals surface area contributed by atoms with Crippen molar-refractivity contribution < 1.29 is 23.1 Å². The Hall–Kier alpha value is -5.20. The summed E-state index contributed by atoms with van der Waals surface area (Å²) in [5.41, 5.74) is 4.00. The van der Waals surface area contributed by atoms with E-state index < -0.39 is 18.4 Å². The van der Waals surface area contributed by atoms with Gasteiger partial charge >= 0.3 is 5.69 Å². The highest BCUT2D eigenvalue weighted by atomic mass is 19.3. The van der Waals surface area contributed by atoms with E-state index in [1.807, 2.05) is 24.4 Å². The van der Waals surface area contributed by atoms with Crippen LogP contribution in [0.4, 0.5) is 20.3 Å². The van der Waals surface area contributed by atoms with E-state index in [-0.39, 0.29) is 35.9 Å². The van der Waals surface area contributed by atoms with Crippen molar-refractivity contribution in [1.82, 2.24) is 48.6 Å². The number of nitrogens with one attached hydrogen (secondary N) is 2. The molecular weight excluding hydrogens is 787 g/mol. The molecule has 2 amide bonds. The van der Waals surface area contributed by atoms with Gasteiger partial charge < -0.3 is 19.9 Å². The van der Waals surface area contributed by atoms with E-state index in [0.29, 0.717) is 55.5 Å². The summed E-state index contributed by atoms with van der Waals surface area (Å²) >= 11 is 0. The number of para-hydroxylation sites is 1. The Bertz CT molecular complexity index is 2500. The van der Waals surface area contributed by atoms with Gasteiger partial charge in [-0.25, -0.2) is 23.1 Å². The molecule has 0 radical (unpaired) electrons. The highest BCUT2D eigenvalue weighted by molar-refractivity contribution is 6.00. The number of hydrogen-bond acceptors (Lipinski definition) is 11. The molecule has 10 rings (SSSR count). The molecule has 2 N–H and O–H groups in total. The SMILES string of the molecule is CN(C[C@H]1CC[C@H](n2cc(NCc3cnn4ccc(N5C[C@H]6C[C@@H]5CO6)nc34)c(C(F)F)n2)CC1)C1CCN(Cc2cccc3c2n(C)c(=O)n3C2CCC(=O)NC2=O)CC1. The van der Waals surface area contributed by atoms with Gasteiger partial charge in [0.25, 0.3) is 6.43 Å². The molecule has 18 heteroatoms. The molecule has 1 saturated carbocycles. The molecule has 5 aliphatic rings. The molecule has 1 aromatic carbocycles. The summed E-state index contributed by atoms with van der Waals surface area (Å²) in [6, 6.07) is 8.03. The second kappa shape index (κ2) is 16.2. The number of halogens is 2. The van der Waals surface area contributed by atoms with Crippen LogP contribution in [-0.2, 0) is 34.5 Å². The number of benzene rings is 1. The Kier molecular flexibility index (Phi) is 10.6. The molecule has 5 fully saturated rings. The number of rotatable bonds is 12. The normalized spacial score (nSPS) is 25.2. The topological polar surface area (TPSA) is 152 Å². The van der Waals surface area contributed by atoms with Gasteiger partial charge in [-0.15, -0.1) is 0 Å². The van der Waals surface area contributed by atoms with E-state index >= 15 is 0 Å². The van der Waals surface area contributed by atoms with Crippen molar-refractivity contribution in [3.05, 3.63) is 70.2 Å². The fraction of sp³-hybridized carbons (Fsp3) is 0.581. The monoisotopic (exact) mass is 840 g/mol. The van der Waals surface area contributed by atoms with Crippen LogP contribution in [0.1, 0.15) is 93.1 Å². The molecule has 0 spiro atoms. The number of hydrogen-bond donors (Lipinski definition) is 2. The number of anilines is 2. The quantitative estimate of drug-likeness (QED) is 0.172. The predicted molar refractivity (Wildman–Crippen MR) is 224 cm³/mol. The second-order valence-corrected chi connectivity index (χ2v) is 17.9. The number of alkyl halides is 2. The number of aromatic nitrogens is 7. The average molecular weight is 841 g/mol. The maximum Gasteiger partial charge on any atom is 0.329 e. The van der Waals surface area contributed by atoms with Crippen molar-refractivity contribution >= 4 is 40.0 Å². The summed E-state index contributed by atoms with van der Waals surface area (Å²) < 4.78 is 41.1. The van der Waals surface area contributed by atoms with Gasteiger partial charge in [-0.3, -0.25) is 33.6 Å². The number of nitrogens with zero attached hydrogens (tertiary/aromatic N) is 10. The van der Waals surface area contributed by atoms with Crippen LogP contribution in [0.2, 0.25) is 0 Å². The number of imidazole rings is 1. The molecule has 1 aliphatic carbocycles. The van der Waals surface area contributed by atoms with Crippen LogP contribution in [-0.4, -0.2) is 113 Å². The maximum atomic E-state index is 14.3. The molecule has 61 heavy (non-hydrogen) atoms. The first-order chi connectivity index (χ1) is 29.6. The third-order valence-electron chi connectivity index (χ3n) is 14.1. The molecule has 3 atom stereocenters. The number of likely N-dealkylation sites (tertiary alicyclic amines) is 1. The fourth-order valence-corrected chi connectivity index (χ4v) is 10.7. The largest absolute Gasteiger partial charge is 0.378 e. The van der Waals surface area contributed by atoms with Crippen LogP contribution in [0.3, 0.4) is 0 Å². The van der Waals surface area contributed by atoms with Crippen LogP contribution < -0.4 is 21.2 Å². The summed E-state index contributed by atoms with van der Waals surface area (Å²) in [5.74, 6) is 0.688. The van der Waals surface area contributed by atoms with Gasteiger partial charge in [0, 0.05) is 63.6 Å².